The van der Waals surface area contributed by atoms with Gasteiger partial charge in [-0.05, 0) is 44.2 Å². The molecule has 0 aliphatic heterocycles. The monoisotopic (exact) mass is 346 g/mol. The number of aromatic nitrogens is 5. The highest BCUT2D eigenvalue weighted by atomic mass is 16.1. The fraction of sp³-hybridized carbons (Fsp3) is 0.158. The highest BCUT2D eigenvalue weighted by Gasteiger charge is 2.11. The minimum absolute atomic E-state index is 0.220. The number of nitrogens with one attached hydrogen (secondary N) is 1. The first-order chi connectivity index (χ1) is 12.6. The average molecular weight is 346 g/mol. The molecule has 7 heteroatoms. The maximum atomic E-state index is 12.5. The van der Waals surface area contributed by atoms with E-state index in [1.165, 1.54) is 6.20 Å². The van der Waals surface area contributed by atoms with Gasteiger partial charge in [0.15, 0.2) is 0 Å². The van der Waals surface area contributed by atoms with Crippen LogP contribution in [0.5, 0.6) is 0 Å². The Morgan fingerprint density at radius 1 is 1.15 bits per heavy atom. The predicted octanol–water partition coefficient (Wildman–Crippen LogP) is 3.45. The van der Waals surface area contributed by atoms with Crippen LogP contribution in [0.4, 0.5) is 5.69 Å². The Balaban J connectivity index is 1.54. The van der Waals surface area contributed by atoms with Gasteiger partial charge in [0, 0.05) is 35.7 Å². The molecule has 0 spiro atoms. The van der Waals surface area contributed by atoms with Crippen LogP contribution >= 0.6 is 0 Å². The second-order valence-electron chi connectivity index (χ2n) is 6.32. The molecule has 7 nitrogen and oxygen atoms in total. The molecular weight excluding hydrogens is 328 g/mol. The molecule has 4 rings (SSSR count). The molecule has 1 aromatic carbocycles. The molecule has 0 aliphatic carbocycles. The lowest BCUT2D eigenvalue weighted by Gasteiger charge is -2.03. The average Bonchev–Trinajstić information content (AvgIpc) is 3.29. The van der Waals surface area contributed by atoms with E-state index in [1.54, 1.807) is 23.3 Å². The Bertz CT molecular complexity index is 1060. The van der Waals surface area contributed by atoms with Crippen molar-refractivity contribution in [1.82, 2.24) is 24.5 Å². The van der Waals surface area contributed by atoms with Gasteiger partial charge in [-0.25, -0.2) is 4.68 Å². The van der Waals surface area contributed by atoms with Crippen LogP contribution in [0.1, 0.15) is 30.2 Å². The van der Waals surface area contributed by atoms with E-state index in [1.807, 2.05) is 41.2 Å². The summed E-state index contributed by atoms with van der Waals surface area (Å²) in [6, 6.07) is 9.69. The van der Waals surface area contributed by atoms with Crippen molar-refractivity contribution in [3.63, 3.8) is 0 Å². The number of rotatable bonds is 4. The van der Waals surface area contributed by atoms with Crippen molar-refractivity contribution in [3.05, 3.63) is 66.9 Å². The number of hydrogen-bond acceptors (Lipinski definition) is 4. The van der Waals surface area contributed by atoms with E-state index in [2.05, 4.69) is 34.3 Å². The maximum Gasteiger partial charge on any atom is 0.258 e. The van der Waals surface area contributed by atoms with Gasteiger partial charge in [0.05, 0.1) is 29.2 Å². The van der Waals surface area contributed by atoms with Crippen LogP contribution in [0.25, 0.3) is 16.6 Å². The number of benzene rings is 1. The first kappa shape index (κ1) is 16.0. The largest absolute Gasteiger partial charge is 0.322 e. The van der Waals surface area contributed by atoms with Gasteiger partial charge in [0.2, 0.25) is 0 Å². The van der Waals surface area contributed by atoms with Crippen LogP contribution in [0.2, 0.25) is 0 Å². The Kier molecular flexibility index (Phi) is 3.96. The number of fused-ring (bicyclic) bond motifs is 1. The highest BCUT2D eigenvalue weighted by molar-refractivity contribution is 6.04. The lowest BCUT2D eigenvalue weighted by Crippen LogP contribution is -2.11. The zero-order chi connectivity index (χ0) is 18.1. The summed E-state index contributed by atoms with van der Waals surface area (Å²) in [6.07, 6.45) is 8.60. The summed E-state index contributed by atoms with van der Waals surface area (Å²) >= 11 is 0. The van der Waals surface area contributed by atoms with Gasteiger partial charge in [0.25, 0.3) is 5.91 Å². The first-order valence-corrected chi connectivity index (χ1v) is 8.35. The third-order valence-electron chi connectivity index (χ3n) is 4.07. The van der Waals surface area contributed by atoms with E-state index >= 15 is 0 Å². The Morgan fingerprint density at radius 2 is 2.04 bits per heavy atom. The highest BCUT2D eigenvalue weighted by Crippen LogP contribution is 2.20. The van der Waals surface area contributed by atoms with Crippen LogP contribution < -0.4 is 5.32 Å². The molecule has 130 valence electrons. The second kappa shape index (κ2) is 6.44. The summed E-state index contributed by atoms with van der Waals surface area (Å²) in [5, 5.41) is 12.7. The van der Waals surface area contributed by atoms with Gasteiger partial charge in [0.1, 0.15) is 0 Å². The Hall–Kier alpha value is -3.48. The van der Waals surface area contributed by atoms with Crippen molar-refractivity contribution < 1.29 is 4.79 Å². The van der Waals surface area contributed by atoms with Crippen LogP contribution in [-0.2, 0) is 0 Å². The predicted molar refractivity (Wildman–Crippen MR) is 99.4 cm³/mol. The van der Waals surface area contributed by atoms with Crippen molar-refractivity contribution in [1.29, 1.82) is 0 Å². The van der Waals surface area contributed by atoms with Crippen molar-refractivity contribution in [2.45, 2.75) is 19.9 Å². The minimum atomic E-state index is -0.220. The van der Waals surface area contributed by atoms with Crippen LogP contribution in [-0.4, -0.2) is 30.5 Å². The molecule has 0 atom stereocenters. The van der Waals surface area contributed by atoms with Gasteiger partial charge < -0.3 is 5.32 Å². The number of anilines is 1. The fourth-order valence-electron chi connectivity index (χ4n) is 2.65. The molecule has 0 unspecified atom stereocenters. The molecule has 0 aliphatic rings. The SMILES string of the molecule is CC(C)n1cc2ccc(NC(=O)c3cnn(-c4cccnc4)c3)cc2n1. The number of pyridine rings is 1. The normalized spacial score (nSPS) is 11.2. The standard InChI is InChI=1S/C19H18N6O/c1-13(2)24-11-14-5-6-16(8-18(14)23-24)22-19(26)15-9-21-25(12-15)17-4-3-7-20-10-17/h3-13H,1-2H3,(H,22,26). The third-order valence-corrected chi connectivity index (χ3v) is 4.07. The number of carbonyl (C=O) groups excluding carboxylic acids is 1. The summed E-state index contributed by atoms with van der Waals surface area (Å²) in [5.41, 5.74) is 2.82. The van der Waals surface area contributed by atoms with Gasteiger partial charge >= 0.3 is 0 Å². The molecule has 0 saturated heterocycles. The maximum absolute atomic E-state index is 12.5. The van der Waals surface area contributed by atoms with Crippen LogP contribution in [0.3, 0.4) is 0 Å². The molecule has 4 aromatic rings. The van der Waals surface area contributed by atoms with E-state index in [9.17, 15) is 4.79 Å². The molecule has 0 fully saturated rings. The molecule has 3 aromatic heterocycles. The fourth-order valence-corrected chi connectivity index (χ4v) is 2.65. The second-order valence-corrected chi connectivity index (χ2v) is 6.32. The molecule has 0 radical (unpaired) electrons. The van der Waals surface area contributed by atoms with E-state index in [0.717, 1.165) is 16.6 Å². The van der Waals surface area contributed by atoms with E-state index < -0.39 is 0 Å². The Morgan fingerprint density at radius 3 is 2.81 bits per heavy atom. The zero-order valence-corrected chi connectivity index (χ0v) is 14.5. The summed E-state index contributed by atoms with van der Waals surface area (Å²) in [6.45, 7) is 4.16. The molecule has 3 heterocycles. The quantitative estimate of drug-likeness (QED) is 0.614. The van der Waals surface area contributed by atoms with Crippen molar-refractivity contribution in [2.24, 2.45) is 0 Å². The number of nitrogens with zero attached hydrogens (tertiary/aromatic N) is 5. The molecular formula is C19H18N6O. The number of amides is 1. The molecule has 26 heavy (non-hydrogen) atoms. The first-order valence-electron chi connectivity index (χ1n) is 8.35. The number of carbonyl (C=O) groups is 1. The summed E-state index contributed by atoms with van der Waals surface area (Å²) < 4.78 is 3.53. The minimum Gasteiger partial charge on any atom is -0.322 e. The van der Waals surface area contributed by atoms with Crippen LogP contribution in [0.15, 0.2) is 61.3 Å². The van der Waals surface area contributed by atoms with Crippen molar-refractivity contribution >= 4 is 22.5 Å². The van der Waals surface area contributed by atoms with Gasteiger partial charge in [-0.15, -0.1) is 0 Å². The zero-order valence-electron chi connectivity index (χ0n) is 14.5. The summed E-state index contributed by atoms with van der Waals surface area (Å²) in [5.74, 6) is -0.220. The molecule has 1 amide bonds. The van der Waals surface area contributed by atoms with Crippen molar-refractivity contribution in [2.75, 3.05) is 5.32 Å². The molecule has 1 N–H and O–H groups in total. The van der Waals surface area contributed by atoms with E-state index in [4.69, 9.17) is 0 Å². The molecule has 0 bridgehead atoms. The Labute approximate surface area is 150 Å². The number of hydrogen-bond donors (Lipinski definition) is 1. The smallest absolute Gasteiger partial charge is 0.258 e. The summed E-state index contributed by atoms with van der Waals surface area (Å²) in [7, 11) is 0. The molecule has 0 saturated carbocycles. The lowest BCUT2D eigenvalue weighted by molar-refractivity contribution is 0.102. The van der Waals surface area contributed by atoms with Crippen LogP contribution in [0, 0.1) is 0 Å². The van der Waals surface area contributed by atoms with Crippen molar-refractivity contribution in [3.8, 4) is 5.69 Å². The van der Waals surface area contributed by atoms with E-state index in [0.29, 0.717) is 17.3 Å². The van der Waals surface area contributed by atoms with Gasteiger partial charge in [-0.3, -0.25) is 14.5 Å². The van der Waals surface area contributed by atoms with Gasteiger partial charge in [-0.2, -0.15) is 10.2 Å². The third kappa shape index (κ3) is 3.06. The van der Waals surface area contributed by atoms with E-state index in [-0.39, 0.29) is 5.91 Å². The van der Waals surface area contributed by atoms with Gasteiger partial charge in [-0.1, -0.05) is 0 Å². The topological polar surface area (TPSA) is 77.6 Å². The summed E-state index contributed by atoms with van der Waals surface area (Å²) in [4.78, 5) is 16.6. The lowest BCUT2D eigenvalue weighted by atomic mass is 10.2.